The van der Waals surface area contributed by atoms with Gasteiger partial charge in [-0.1, -0.05) is 0 Å². The zero-order valence-corrected chi connectivity index (χ0v) is 15.8. The summed E-state index contributed by atoms with van der Waals surface area (Å²) < 4.78 is 5.21. The van der Waals surface area contributed by atoms with Gasteiger partial charge in [-0.15, -0.1) is 11.3 Å². The molecule has 3 heterocycles. The van der Waals surface area contributed by atoms with E-state index in [1.807, 2.05) is 24.4 Å². The number of hydrogen-bond donors (Lipinski definition) is 4. The first-order valence-corrected chi connectivity index (χ1v) is 10.1. The van der Waals surface area contributed by atoms with Gasteiger partial charge < -0.3 is 20.6 Å². The first-order valence-electron chi connectivity index (χ1n) is 8.45. The summed E-state index contributed by atoms with van der Waals surface area (Å²) in [6.45, 7) is 1.81. The van der Waals surface area contributed by atoms with E-state index >= 15 is 0 Å². The van der Waals surface area contributed by atoms with Crippen LogP contribution in [-0.4, -0.2) is 54.5 Å². The highest BCUT2D eigenvalue weighted by atomic mass is 32.1. The van der Waals surface area contributed by atoms with Gasteiger partial charge in [0.05, 0.1) is 28.1 Å². The third-order valence-corrected chi connectivity index (χ3v) is 6.50. The summed E-state index contributed by atoms with van der Waals surface area (Å²) >= 11 is 2.98. The topological polar surface area (TPSA) is 111 Å². The zero-order valence-electron chi connectivity index (χ0n) is 14.2. The Morgan fingerprint density at radius 2 is 2.12 bits per heavy atom. The summed E-state index contributed by atoms with van der Waals surface area (Å²) in [5.41, 5.74) is 1.84. The normalized spacial score (nSPS) is 25.8. The van der Waals surface area contributed by atoms with E-state index in [9.17, 15) is 15.3 Å². The van der Waals surface area contributed by atoms with E-state index in [1.165, 1.54) is 22.9 Å². The van der Waals surface area contributed by atoms with Crippen LogP contribution in [0.15, 0.2) is 17.5 Å². The first kappa shape index (κ1) is 17.7. The number of thiophene rings is 1. The molecule has 26 heavy (non-hydrogen) atoms. The Bertz CT molecular complexity index is 912. The Balaban J connectivity index is 1.62. The van der Waals surface area contributed by atoms with Crippen molar-refractivity contribution < 1.29 is 15.3 Å². The van der Waals surface area contributed by atoms with Crippen molar-refractivity contribution in [2.75, 3.05) is 11.9 Å². The predicted molar refractivity (Wildman–Crippen MR) is 102 cm³/mol. The van der Waals surface area contributed by atoms with E-state index in [0.29, 0.717) is 24.5 Å². The minimum atomic E-state index is -0.940. The molecular formula is C17H20N4O3S2. The number of anilines is 1. The SMILES string of the molecule is Cc1cc(Cc2nc(N[C@@H]3C[C@H](CO)[C@@H](O)[C@H]3O)c3sccc3n2)sn1. The van der Waals surface area contributed by atoms with Gasteiger partial charge in [0.25, 0.3) is 0 Å². The van der Waals surface area contributed by atoms with Crippen molar-refractivity contribution in [1.29, 1.82) is 0 Å². The Kier molecular flexibility index (Phi) is 4.89. The van der Waals surface area contributed by atoms with Crippen LogP contribution in [-0.2, 0) is 6.42 Å². The van der Waals surface area contributed by atoms with E-state index in [1.54, 1.807) is 0 Å². The Morgan fingerprint density at radius 3 is 2.81 bits per heavy atom. The number of fused-ring (bicyclic) bond motifs is 1. The molecule has 9 heteroatoms. The molecule has 3 aromatic rings. The molecule has 3 aromatic heterocycles. The lowest BCUT2D eigenvalue weighted by atomic mass is 10.1. The second-order valence-electron chi connectivity index (χ2n) is 6.65. The predicted octanol–water partition coefficient (Wildman–Crippen LogP) is 1.56. The van der Waals surface area contributed by atoms with Crippen LogP contribution in [0.2, 0.25) is 0 Å². The van der Waals surface area contributed by atoms with E-state index in [4.69, 9.17) is 0 Å². The van der Waals surface area contributed by atoms with Gasteiger partial charge in [-0.3, -0.25) is 0 Å². The number of nitrogens with one attached hydrogen (secondary N) is 1. The molecule has 0 radical (unpaired) electrons. The monoisotopic (exact) mass is 392 g/mol. The molecule has 1 aliphatic carbocycles. The third-order valence-electron chi connectivity index (χ3n) is 4.72. The van der Waals surface area contributed by atoms with Crippen molar-refractivity contribution in [3.05, 3.63) is 33.9 Å². The number of aliphatic hydroxyl groups is 3. The van der Waals surface area contributed by atoms with Gasteiger partial charge in [-0.2, -0.15) is 4.37 Å². The molecule has 0 saturated heterocycles. The highest BCUT2D eigenvalue weighted by molar-refractivity contribution is 7.17. The Labute approximate surface area is 158 Å². The second kappa shape index (κ2) is 7.16. The molecular weight excluding hydrogens is 372 g/mol. The molecule has 7 nitrogen and oxygen atoms in total. The van der Waals surface area contributed by atoms with E-state index < -0.39 is 12.2 Å². The van der Waals surface area contributed by atoms with Crippen LogP contribution in [0.3, 0.4) is 0 Å². The lowest BCUT2D eigenvalue weighted by molar-refractivity contribution is 0.00446. The zero-order chi connectivity index (χ0) is 18.3. The number of nitrogens with zero attached hydrogens (tertiary/aromatic N) is 3. The van der Waals surface area contributed by atoms with Crippen LogP contribution in [0.1, 0.15) is 22.8 Å². The number of hydrogen-bond acceptors (Lipinski definition) is 9. The minimum absolute atomic E-state index is 0.148. The van der Waals surface area contributed by atoms with Gasteiger partial charge in [-0.05, 0) is 42.4 Å². The van der Waals surface area contributed by atoms with Gasteiger partial charge in [0.15, 0.2) is 0 Å². The second-order valence-corrected chi connectivity index (χ2v) is 8.45. The molecule has 0 unspecified atom stereocenters. The molecule has 1 fully saturated rings. The average Bonchev–Trinajstić information content (AvgIpc) is 3.31. The molecule has 1 saturated carbocycles. The summed E-state index contributed by atoms with van der Waals surface area (Å²) in [6.07, 6.45) is -0.789. The molecule has 0 spiro atoms. The highest BCUT2D eigenvalue weighted by Gasteiger charge is 2.41. The molecule has 4 atom stereocenters. The quantitative estimate of drug-likeness (QED) is 0.521. The maximum atomic E-state index is 10.3. The standard InChI is InChI=1S/C17H20N4O3S2/c1-8-4-10(26-21-8)6-13-18-11-2-3-25-16(11)17(20-13)19-12-5-9(7-22)14(23)15(12)24/h2-4,9,12,14-15,22-24H,5-7H2,1H3,(H,18,19,20)/t9-,12-,14-,15+/m1/s1. The van der Waals surface area contributed by atoms with Gasteiger partial charge in [0.1, 0.15) is 17.7 Å². The van der Waals surface area contributed by atoms with Crippen LogP contribution in [0.4, 0.5) is 5.82 Å². The van der Waals surface area contributed by atoms with E-state index in [0.717, 1.165) is 20.8 Å². The summed E-state index contributed by atoms with van der Waals surface area (Å²) in [5.74, 6) is 1.02. The lowest BCUT2D eigenvalue weighted by Gasteiger charge is -2.19. The Morgan fingerprint density at radius 1 is 1.27 bits per heavy atom. The summed E-state index contributed by atoms with van der Waals surface area (Å²) in [7, 11) is 0. The fourth-order valence-corrected chi connectivity index (χ4v) is 4.88. The lowest BCUT2D eigenvalue weighted by Crippen LogP contribution is -2.35. The first-order chi connectivity index (χ1) is 12.5. The molecule has 0 amide bonds. The van der Waals surface area contributed by atoms with Gasteiger partial charge in [0, 0.05) is 23.8 Å². The fourth-order valence-electron chi connectivity index (χ4n) is 3.37. The van der Waals surface area contributed by atoms with Crippen LogP contribution in [0, 0.1) is 12.8 Å². The number of aryl methyl sites for hydroxylation is 1. The maximum Gasteiger partial charge on any atom is 0.148 e. The minimum Gasteiger partial charge on any atom is -0.396 e. The smallest absolute Gasteiger partial charge is 0.148 e. The van der Waals surface area contributed by atoms with Gasteiger partial charge in [-0.25, -0.2) is 9.97 Å². The molecule has 1 aliphatic rings. The average molecular weight is 393 g/mol. The largest absolute Gasteiger partial charge is 0.396 e. The highest BCUT2D eigenvalue weighted by Crippen LogP contribution is 2.32. The van der Waals surface area contributed by atoms with Crippen molar-refractivity contribution in [2.24, 2.45) is 5.92 Å². The van der Waals surface area contributed by atoms with E-state index in [2.05, 4.69) is 19.7 Å². The van der Waals surface area contributed by atoms with Crippen molar-refractivity contribution in [3.8, 4) is 0 Å². The fraction of sp³-hybridized carbons (Fsp3) is 0.471. The number of rotatable bonds is 5. The maximum absolute atomic E-state index is 10.3. The van der Waals surface area contributed by atoms with Crippen LogP contribution < -0.4 is 5.32 Å². The van der Waals surface area contributed by atoms with Gasteiger partial charge >= 0.3 is 0 Å². The summed E-state index contributed by atoms with van der Waals surface area (Å²) in [5, 5.41) is 34.9. The van der Waals surface area contributed by atoms with E-state index in [-0.39, 0.29) is 18.6 Å². The molecule has 0 aliphatic heterocycles. The van der Waals surface area contributed by atoms with Crippen molar-refractivity contribution in [1.82, 2.24) is 14.3 Å². The number of aliphatic hydroxyl groups excluding tert-OH is 3. The summed E-state index contributed by atoms with van der Waals surface area (Å²) in [4.78, 5) is 10.4. The van der Waals surface area contributed by atoms with Gasteiger partial charge in [0.2, 0.25) is 0 Å². The van der Waals surface area contributed by atoms with Crippen LogP contribution >= 0.6 is 22.9 Å². The number of aromatic nitrogens is 3. The van der Waals surface area contributed by atoms with Crippen molar-refractivity contribution in [3.63, 3.8) is 0 Å². The summed E-state index contributed by atoms with van der Waals surface area (Å²) in [6, 6.07) is 3.62. The molecule has 138 valence electrons. The van der Waals surface area contributed by atoms with Crippen LogP contribution in [0.25, 0.3) is 10.2 Å². The van der Waals surface area contributed by atoms with Crippen LogP contribution in [0.5, 0.6) is 0 Å². The van der Waals surface area contributed by atoms with Crippen molar-refractivity contribution in [2.45, 2.75) is 38.0 Å². The molecule has 0 bridgehead atoms. The van der Waals surface area contributed by atoms with Crippen molar-refractivity contribution >= 4 is 38.9 Å². The molecule has 0 aromatic carbocycles. The Hall–Kier alpha value is -1.65. The molecule has 4 rings (SSSR count). The molecule has 4 N–H and O–H groups in total. The third kappa shape index (κ3) is 3.33.